The summed E-state index contributed by atoms with van der Waals surface area (Å²) in [6.07, 6.45) is -4.39. The van der Waals surface area contributed by atoms with Crippen LogP contribution in [0.2, 0.25) is 5.02 Å². The smallest absolute Gasteiger partial charge is 0.416 e. The van der Waals surface area contributed by atoms with Crippen molar-refractivity contribution < 1.29 is 17.9 Å². The van der Waals surface area contributed by atoms with Gasteiger partial charge in [-0.25, -0.2) is 0 Å². The molecule has 0 aromatic heterocycles. The summed E-state index contributed by atoms with van der Waals surface area (Å²) in [7, 11) is 0. The topological polar surface area (TPSA) is 21.3 Å². The van der Waals surface area contributed by atoms with Crippen LogP contribution in [0.1, 0.15) is 5.56 Å². The third-order valence-electron chi connectivity index (χ3n) is 2.73. The van der Waals surface area contributed by atoms with Gasteiger partial charge in [-0.3, -0.25) is 0 Å². The van der Waals surface area contributed by atoms with Crippen molar-refractivity contribution in [3.05, 3.63) is 59.1 Å². The van der Waals surface area contributed by atoms with Gasteiger partial charge in [0.25, 0.3) is 0 Å². The first kappa shape index (κ1) is 15.5. The van der Waals surface area contributed by atoms with Gasteiger partial charge >= 0.3 is 6.18 Å². The second-order valence-corrected chi connectivity index (χ2v) is 4.69. The summed E-state index contributed by atoms with van der Waals surface area (Å²) in [5, 5.41) is 2.97. The van der Waals surface area contributed by atoms with Crippen LogP contribution in [0.3, 0.4) is 0 Å². The molecular formula is C15H13ClF3NO. The summed E-state index contributed by atoms with van der Waals surface area (Å²) in [5.74, 6) is 0.734. The van der Waals surface area contributed by atoms with Crippen LogP contribution in [0.5, 0.6) is 5.75 Å². The molecule has 0 aliphatic rings. The highest BCUT2D eigenvalue weighted by Crippen LogP contribution is 2.33. The van der Waals surface area contributed by atoms with Crippen LogP contribution in [0, 0.1) is 0 Å². The number of para-hydroxylation sites is 1. The van der Waals surface area contributed by atoms with Crippen LogP contribution in [-0.2, 0) is 6.18 Å². The van der Waals surface area contributed by atoms with Crippen molar-refractivity contribution in [3.8, 4) is 5.75 Å². The molecule has 6 heteroatoms. The SMILES string of the molecule is FC(F)(F)c1ccc(NCCOc2ccccc2)c(Cl)c1. The van der Waals surface area contributed by atoms with E-state index in [1.54, 1.807) is 0 Å². The standard InChI is InChI=1S/C15H13ClF3NO/c16-13-10-11(15(17,18)19)6-7-14(13)20-8-9-21-12-4-2-1-3-5-12/h1-7,10,20H,8-9H2. The molecule has 0 spiro atoms. The zero-order chi connectivity index (χ0) is 15.3. The molecule has 0 fully saturated rings. The molecule has 2 rings (SSSR count). The minimum atomic E-state index is -4.39. The van der Waals surface area contributed by atoms with Gasteiger partial charge in [0.1, 0.15) is 12.4 Å². The van der Waals surface area contributed by atoms with E-state index < -0.39 is 11.7 Å². The highest BCUT2D eigenvalue weighted by molar-refractivity contribution is 6.33. The molecule has 0 heterocycles. The number of alkyl halides is 3. The van der Waals surface area contributed by atoms with E-state index in [0.29, 0.717) is 18.8 Å². The van der Waals surface area contributed by atoms with E-state index in [9.17, 15) is 13.2 Å². The van der Waals surface area contributed by atoms with Gasteiger partial charge in [-0.15, -0.1) is 0 Å². The fourth-order valence-corrected chi connectivity index (χ4v) is 1.95. The second-order valence-electron chi connectivity index (χ2n) is 4.28. The monoisotopic (exact) mass is 315 g/mol. The van der Waals surface area contributed by atoms with Gasteiger partial charge in [0.2, 0.25) is 0 Å². The normalized spacial score (nSPS) is 11.2. The van der Waals surface area contributed by atoms with Crippen molar-refractivity contribution in [1.82, 2.24) is 0 Å². The molecule has 0 saturated carbocycles. The van der Waals surface area contributed by atoms with Gasteiger partial charge in [-0.05, 0) is 30.3 Å². The third-order valence-corrected chi connectivity index (χ3v) is 3.04. The minimum Gasteiger partial charge on any atom is -0.492 e. The molecule has 112 valence electrons. The maximum absolute atomic E-state index is 12.5. The van der Waals surface area contributed by atoms with E-state index in [1.807, 2.05) is 30.3 Å². The van der Waals surface area contributed by atoms with Crippen molar-refractivity contribution in [1.29, 1.82) is 0 Å². The van der Waals surface area contributed by atoms with E-state index in [2.05, 4.69) is 5.32 Å². The molecule has 0 saturated heterocycles. The predicted molar refractivity (Wildman–Crippen MR) is 76.9 cm³/mol. The van der Waals surface area contributed by atoms with E-state index in [-0.39, 0.29) is 5.02 Å². The fraction of sp³-hybridized carbons (Fsp3) is 0.200. The third kappa shape index (κ3) is 4.56. The van der Waals surface area contributed by atoms with Crippen molar-refractivity contribution in [3.63, 3.8) is 0 Å². The molecule has 0 bridgehead atoms. The number of hydrogen-bond acceptors (Lipinski definition) is 2. The first-order valence-corrected chi connectivity index (χ1v) is 6.63. The number of halogens is 4. The average molecular weight is 316 g/mol. The lowest BCUT2D eigenvalue weighted by Crippen LogP contribution is -2.12. The Morgan fingerprint density at radius 1 is 1.05 bits per heavy atom. The lowest BCUT2D eigenvalue weighted by molar-refractivity contribution is -0.137. The summed E-state index contributed by atoms with van der Waals surface area (Å²) >= 11 is 5.83. The van der Waals surface area contributed by atoms with Crippen LogP contribution in [0.25, 0.3) is 0 Å². The second kappa shape index (κ2) is 6.72. The molecular weight excluding hydrogens is 303 g/mol. The Bertz CT molecular complexity index is 587. The zero-order valence-electron chi connectivity index (χ0n) is 11.0. The highest BCUT2D eigenvalue weighted by Gasteiger charge is 2.30. The molecule has 0 amide bonds. The molecule has 0 unspecified atom stereocenters. The fourth-order valence-electron chi connectivity index (χ4n) is 1.71. The summed E-state index contributed by atoms with van der Waals surface area (Å²) < 4.78 is 42.9. The molecule has 2 aromatic rings. The number of benzene rings is 2. The average Bonchev–Trinajstić information content (AvgIpc) is 2.45. The lowest BCUT2D eigenvalue weighted by Gasteiger charge is -2.12. The molecule has 2 aromatic carbocycles. The molecule has 0 aliphatic carbocycles. The quantitative estimate of drug-likeness (QED) is 0.796. The van der Waals surface area contributed by atoms with Gasteiger partial charge in [-0.2, -0.15) is 13.2 Å². The molecule has 21 heavy (non-hydrogen) atoms. The molecule has 2 nitrogen and oxygen atoms in total. The van der Waals surface area contributed by atoms with E-state index >= 15 is 0 Å². The Hall–Kier alpha value is -1.88. The van der Waals surface area contributed by atoms with Crippen molar-refractivity contribution in [2.24, 2.45) is 0 Å². The number of ether oxygens (including phenoxy) is 1. The Kier molecular flexibility index (Phi) is 4.96. The van der Waals surface area contributed by atoms with Crippen molar-refractivity contribution >= 4 is 17.3 Å². The largest absolute Gasteiger partial charge is 0.492 e. The molecule has 0 atom stereocenters. The zero-order valence-corrected chi connectivity index (χ0v) is 11.7. The number of anilines is 1. The van der Waals surface area contributed by atoms with Crippen LogP contribution in [0.4, 0.5) is 18.9 Å². The molecule has 1 N–H and O–H groups in total. The van der Waals surface area contributed by atoms with Gasteiger partial charge in [0, 0.05) is 6.54 Å². The van der Waals surface area contributed by atoms with Gasteiger partial charge in [0.05, 0.1) is 16.3 Å². The van der Waals surface area contributed by atoms with E-state index in [4.69, 9.17) is 16.3 Å². The van der Waals surface area contributed by atoms with Crippen molar-refractivity contribution in [2.45, 2.75) is 6.18 Å². The van der Waals surface area contributed by atoms with E-state index in [1.165, 1.54) is 6.07 Å². The van der Waals surface area contributed by atoms with Gasteiger partial charge in [-0.1, -0.05) is 29.8 Å². The maximum atomic E-state index is 12.5. The van der Waals surface area contributed by atoms with Crippen LogP contribution in [0.15, 0.2) is 48.5 Å². The van der Waals surface area contributed by atoms with Crippen LogP contribution in [-0.4, -0.2) is 13.2 Å². The van der Waals surface area contributed by atoms with Gasteiger partial charge < -0.3 is 10.1 Å². The van der Waals surface area contributed by atoms with Crippen LogP contribution >= 0.6 is 11.6 Å². The molecule has 0 radical (unpaired) electrons. The predicted octanol–water partition coefficient (Wildman–Crippen LogP) is 4.85. The Balaban J connectivity index is 1.86. The molecule has 0 aliphatic heterocycles. The van der Waals surface area contributed by atoms with Crippen LogP contribution < -0.4 is 10.1 Å². The minimum absolute atomic E-state index is 0.0320. The Morgan fingerprint density at radius 3 is 2.38 bits per heavy atom. The Labute approximate surface area is 125 Å². The lowest BCUT2D eigenvalue weighted by atomic mass is 10.2. The number of rotatable bonds is 5. The maximum Gasteiger partial charge on any atom is 0.416 e. The van der Waals surface area contributed by atoms with Gasteiger partial charge in [0.15, 0.2) is 0 Å². The number of hydrogen-bond donors (Lipinski definition) is 1. The first-order chi connectivity index (χ1) is 9.97. The summed E-state index contributed by atoms with van der Waals surface area (Å²) in [6, 6.07) is 12.5. The number of nitrogens with one attached hydrogen (secondary N) is 1. The summed E-state index contributed by atoms with van der Waals surface area (Å²) in [4.78, 5) is 0. The summed E-state index contributed by atoms with van der Waals surface area (Å²) in [5.41, 5.74) is -0.320. The highest BCUT2D eigenvalue weighted by atomic mass is 35.5. The van der Waals surface area contributed by atoms with E-state index in [0.717, 1.165) is 17.9 Å². The first-order valence-electron chi connectivity index (χ1n) is 6.25. The Morgan fingerprint density at radius 2 is 1.76 bits per heavy atom. The van der Waals surface area contributed by atoms with Crippen molar-refractivity contribution in [2.75, 3.05) is 18.5 Å². The summed E-state index contributed by atoms with van der Waals surface area (Å²) in [6.45, 7) is 0.807.